The van der Waals surface area contributed by atoms with E-state index in [4.69, 9.17) is 0 Å². The lowest BCUT2D eigenvalue weighted by Gasteiger charge is -2.00. The highest BCUT2D eigenvalue weighted by molar-refractivity contribution is 6.07. The third-order valence-electron chi connectivity index (χ3n) is 2.97. The average molecular weight is 282 g/mol. The molecule has 0 saturated heterocycles. The van der Waals surface area contributed by atoms with Crippen molar-refractivity contribution in [3.05, 3.63) is 75.8 Å². The largest absolute Gasteiger partial charge is 0.388 e. The molecular weight excluding hydrogens is 268 g/mol. The van der Waals surface area contributed by atoms with Crippen molar-refractivity contribution in [2.24, 2.45) is 0 Å². The van der Waals surface area contributed by atoms with Gasteiger partial charge in [-0.2, -0.15) is 0 Å². The number of allylic oxidation sites excluding steroid dienone is 1. The predicted octanol–water partition coefficient (Wildman–Crippen LogP) is 3.53. The third kappa shape index (κ3) is 3.76. The van der Waals surface area contributed by atoms with E-state index in [0.29, 0.717) is 11.1 Å². The van der Waals surface area contributed by atoms with Crippen LogP contribution < -0.4 is 5.32 Å². The quantitative estimate of drug-likeness (QED) is 0.394. The van der Waals surface area contributed by atoms with Gasteiger partial charge in [0.05, 0.1) is 4.92 Å². The molecule has 0 aromatic heterocycles. The SMILES string of the molecule is CNc1ccc(C(=O)/C=C/c2cccc([N+](=O)[O-])c2)cc1. The highest BCUT2D eigenvalue weighted by atomic mass is 16.6. The maximum Gasteiger partial charge on any atom is 0.270 e. The molecule has 0 heterocycles. The summed E-state index contributed by atoms with van der Waals surface area (Å²) in [7, 11) is 1.80. The number of benzene rings is 2. The van der Waals surface area contributed by atoms with Crippen LogP contribution >= 0.6 is 0 Å². The molecule has 0 bridgehead atoms. The summed E-state index contributed by atoms with van der Waals surface area (Å²) >= 11 is 0. The van der Waals surface area contributed by atoms with Crippen molar-refractivity contribution in [3.63, 3.8) is 0 Å². The van der Waals surface area contributed by atoms with Crippen molar-refractivity contribution in [2.75, 3.05) is 12.4 Å². The fraction of sp³-hybridized carbons (Fsp3) is 0.0625. The molecule has 5 heteroatoms. The predicted molar refractivity (Wildman–Crippen MR) is 82.4 cm³/mol. The molecule has 0 spiro atoms. The Bertz CT molecular complexity index is 691. The van der Waals surface area contributed by atoms with Crippen LogP contribution in [0.5, 0.6) is 0 Å². The molecule has 106 valence electrons. The molecule has 0 aliphatic heterocycles. The Kier molecular flexibility index (Phi) is 4.46. The van der Waals surface area contributed by atoms with Crippen molar-refractivity contribution in [1.82, 2.24) is 0 Å². The molecule has 0 aliphatic rings. The van der Waals surface area contributed by atoms with Gasteiger partial charge in [-0.1, -0.05) is 18.2 Å². The number of nitrogens with one attached hydrogen (secondary N) is 1. The number of anilines is 1. The van der Waals surface area contributed by atoms with E-state index in [1.165, 1.54) is 18.2 Å². The number of rotatable bonds is 5. The zero-order valence-corrected chi connectivity index (χ0v) is 11.4. The minimum atomic E-state index is -0.463. The summed E-state index contributed by atoms with van der Waals surface area (Å²) in [4.78, 5) is 22.2. The van der Waals surface area contributed by atoms with Gasteiger partial charge in [-0.3, -0.25) is 14.9 Å². The molecule has 0 saturated carbocycles. The maximum atomic E-state index is 12.0. The summed E-state index contributed by atoms with van der Waals surface area (Å²) in [6, 6.07) is 13.2. The van der Waals surface area contributed by atoms with Crippen LogP contribution in [0.15, 0.2) is 54.6 Å². The second kappa shape index (κ2) is 6.47. The average Bonchev–Trinajstić information content (AvgIpc) is 2.53. The Hall–Kier alpha value is -2.95. The summed E-state index contributed by atoms with van der Waals surface area (Å²) in [5, 5.41) is 13.7. The molecule has 0 fully saturated rings. The number of nitrogens with zero attached hydrogens (tertiary/aromatic N) is 1. The lowest BCUT2D eigenvalue weighted by molar-refractivity contribution is -0.384. The number of carbonyl (C=O) groups is 1. The first-order valence-corrected chi connectivity index (χ1v) is 6.35. The molecule has 1 N–H and O–H groups in total. The lowest BCUT2D eigenvalue weighted by atomic mass is 10.1. The van der Waals surface area contributed by atoms with Crippen LogP contribution in [0.4, 0.5) is 11.4 Å². The molecule has 0 aliphatic carbocycles. The van der Waals surface area contributed by atoms with Crippen LogP contribution in [-0.2, 0) is 0 Å². The number of hydrogen-bond acceptors (Lipinski definition) is 4. The maximum absolute atomic E-state index is 12.0. The topological polar surface area (TPSA) is 72.2 Å². The second-order valence-corrected chi connectivity index (χ2v) is 4.38. The second-order valence-electron chi connectivity index (χ2n) is 4.38. The van der Waals surface area contributed by atoms with E-state index >= 15 is 0 Å². The van der Waals surface area contributed by atoms with Gasteiger partial charge >= 0.3 is 0 Å². The molecule has 21 heavy (non-hydrogen) atoms. The Morgan fingerprint density at radius 1 is 1.19 bits per heavy atom. The number of ketones is 1. The first-order chi connectivity index (χ1) is 10.1. The normalized spacial score (nSPS) is 10.5. The molecule has 0 radical (unpaired) electrons. The number of nitro benzene ring substituents is 1. The monoisotopic (exact) mass is 282 g/mol. The van der Waals surface area contributed by atoms with E-state index in [1.54, 1.807) is 37.4 Å². The molecule has 2 aromatic rings. The molecule has 5 nitrogen and oxygen atoms in total. The van der Waals surface area contributed by atoms with Crippen LogP contribution in [0.25, 0.3) is 6.08 Å². The van der Waals surface area contributed by atoms with Gasteiger partial charge < -0.3 is 5.32 Å². The van der Waals surface area contributed by atoms with Crippen molar-refractivity contribution < 1.29 is 9.72 Å². The summed E-state index contributed by atoms with van der Waals surface area (Å²) in [5.74, 6) is -0.149. The van der Waals surface area contributed by atoms with Gasteiger partial charge in [-0.05, 0) is 35.9 Å². The molecule has 2 aromatic carbocycles. The van der Waals surface area contributed by atoms with Crippen molar-refractivity contribution in [1.29, 1.82) is 0 Å². The van der Waals surface area contributed by atoms with Gasteiger partial charge in [-0.25, -0.2) is 0 Å². The van der Waals surface area contributed by atoms with Crippen LogP contribution in [0.1, 0.15) is 15.9 Å². The van der Waals surface area contributed by atoms with Gasteiger partial charge in [0, 0.05) is 30.4 Å². The molecule has 0 unspecified atom stereocenters. The first-order valence-electron chi connectivity index (χ1n) is 6.35. The van der Waals surface area contributed by atoms with Crippen LogP contribution in [0.3, 0.4) is 0 Å². The van der Waals surface area contributed by atoms with E-state index in [1.807, 2.05) is 12.1 Å². The summed E-state index contributed by atoms with van der Waals surface area (Å²) in [5.41, 5.74) is 2.11. The Morgan fingerprint density at radius 2 is 1.90 bits per heavy atom. The van der Waals surface area contributed by atoms with Gasteiger partial charge in [0.2, 0.25) is 0 Å². The Balaban J connectivity index is 2.14. The lowest BCUT2D eigenvalue weighted by Crippen LogP contribution is -1.95. The van der Waals surface area contributed by atoms with E-state index in [0.717, 1.165) is 5.69 Å². The van der Waals surface area contributed by atoms with E-state index in [-0.39, 0.29) is 11.5 Å². The standard InChI is InChI=1S/C16H14N2O3/c1-17-14-8-6-13(7-9-14)16(19)10-5-12-3-2-4-15(11-12)18(20)21/h2-11,17H,1H3/b10-5+. The minimum Gasteiger partial charge on any atom is -0.388 e. The summed E-state index contributed by atoms with van der Waals surface area (Å²) in [6.07, 6.45) is 2.98. The summed E-state index contributed by atoms with van der Waals surface area (Å²) in [6.45, 7) is 0. The van der Waals surface area contributed by atoms with E-state index in [9.17, 15) is 14.9 Å². The van der Waals surface area contributed by atoms with Gasteiger partial charge in [-0.15, -0.1) is 0 Å². The first kappa shape index (κ1) is 14.5. The molecular formula is C16H14N2O3. The van der Waals surface area contributed by atoms with Crippen molar-refractivity contribution in [2.45, 2.75) is 0 Å². The zero-order chi connectivity index (χ0) is 15.2. The number of nitro groups is 1. The van der Waals surface area contributed by atoms with Gasteiger partial charge in [0.1, 0.15) is 0 Å². The molecule has 0 amide bonds. The number of carbonyl (C=O) groups excluding carboxylic acids is 1. The fourth-order valence-electron chi connectivity index (χ4n) is 1.81. The Morgan fingerprint density at radius 3 is 2.52 bits per heavy atom. The van der Waals surface area contributed by atoms with Crippen molar-refractivity contribution in [3.8, 4) is 0 Å². The highest BCUT2D eigenvalue weighted by Crippen LogP contribution is 2.15. The summed E-state index contributed by atoms with van der Waals surface area (Å²) < 4.78 is 0. The molecule has 0 atom stereocenters. The van der Waals surface area contributed by atoms with Crippen LogP contribution in [0, 0.1) is 10.1 Å². The number of hydrogen-bond donors (Lipinski definition) is 1. The van der Waals surface area contributed by atoms with Crippen molar-refractivity contribution >= 4 is 23.2 Å². The van der Waals surface area contributed by atoms with Crippen LogP contribution in [-0.4, -0.2) is 17.8 Å². The number of non-ortho nitro benzene ring substituents is 1. The van der Waals surface area contributed by atoms with Gasteiger partial charge in [0.25, 0.3) is 5.69 Å². The van der Waals surface area contributed by atoms with E-state index < -0.39 is 4.92 Å². The smallest absolute Gasteiger partial charge is 0.270 e. The third-order valence-corrected chi connectivity index (χ3v) is 2.97. The van der Waals surface area contributed by atoms with Crippen LogP contribution in [0.2, 0.25) is 0 Å². The van der Waals surface area contributed by atoms with Gasteiger partial charge in [0.15, 0.2) is 5.78 Å². The highest BCUT2D eigenvalue weighted by Gasteiger charge is 2.05. The van der Waals surface area contributed by atoms with E-state index in [2.05, 4.69) is 5.32 Å². The fourth-order valence-corrected chi connectivity index (χ4v) is 1.81. The zero-order valence-electron chi connectivity index (χ0n) is 11.4. The minimum absolute atomic E-state index is 0.00275. The molecule has 2 rings (SSSR count). The Labute approximate surface area is 122 Å².